The molecule has 6 aromatic carbocycles. The first-order valence-electron chi connectivity index (χ1n) is 21.5. The maximum atomic E-state index is 5.29. The predicted octanol–water partition coefficient (Wildman–Crippen LogP) is 15.7. The topological polar surface area (TPSA) is 30.7 Å². The molecule has 3 heterocycles. The molecule has 5 heteroatoms. The van der Waals surface area contributed by atoms with Gasteiger partial charge in [0.15, 0.2) is 0 Å². The molecule has 3 aromatic heterocycles. The summed E-state index contributed by atoms with van der Waals surface area (Å²) in [5.74, 6) is 1.57. The molecule has 0 aliphatic carbocycles. The molecule has 0 bridgehead atoms. The maximum absolute atomic E-state index is 5.29. The number of thiophene rings is 1. The Bertz CT molecular complexity index is 2840. The van der Waals surface area contributed by atoms with Gasteiger partial charge in [0.1, 0.15) is 0 Å². The van der Waals surface area contributed by atoms with Crippen LogP contribution in [0.5, 0.6) is 0 Å². The van der Waals surface area contributed by atoms with E-state index in [0.29, 0.717) is 5.92 Å². The molecule has 0 amide bonds. The number of aromatic nitrogens is 3. The SMILES string of the molecule is CC(C)(C)Cc1ccc2s[c-]c(-c3nc4ccccc4n3-c3c(-c4ccccc4)cccc3-c3ccccc3)c2c1.CC(C)Cc1cc(-c2[c-]cccc2)ncc1C(C)(C)C.[Ir]. The van der Waals surface area contributed by atoms with Crippen LogP contribution in [0.3, 0.4) is 0 Å². The van der Waals surface area contributed by atoms with Crippen molar-refractivity contribution in [1.82, 2.24) is 14.5 Å². The molecule has 0 unspecified atom stereocenters. The van der Waals surface area contributed by atoms with Gasteiger partial charge in [0, 0.05) is 37.4 Å². The summed E-state index contributed by atoms with van der Waals surface area (Å²) in [6.45, 7) is 18.2. The summed E-state index contributed by atoms with van der Waals surface area (Å²) in [5, 5.41) is 4.88. The Morgan fingerprint density at radius 3 is 1.95 bits per heavy atom. The summed E-state index contributed by atoms with van der Waals surface area (Å²) in [5.41, 5.74) is 15.5. The molecular weight excluding hydrogens is 951 g/mol. The van der Waals surface area contributed by atoms with Crippen LogP contribution in [0.25, 0.3) is 71.7 Å². The van der Waals surface area contributed by atoms with Crippen molar-refractivity contribution < 1.29 is 20.1 Å². The third-order valence-corrected chi connectivity index (χ3v) is 11.8. The van der Waals surface area contributed by atoms with Gasteiger partial charge in [-0.3, -0.25) is 16.3 Å². The fraction of sp³-hybridized carbons (Fsp3) is 0.228. The molecule has 315 valence electrons. The van der Waals surface area contributed by atoms with Crippen LogP contribution >= 0.6 is 11.3 Å². The van der Waals surface area contributed by atoms with Gasteiger partial charge in [-0.2, -0.15) is 0 Å². The van der Waals surface area contributed by atoms with E-state index in [1.54, 1.807) is 11.3 Å². The average Bonchev–Trinajstić information content (AvgIpc) is 3.84. The molecular formula is C57H55IrN3S-2. The summed E-state index contributed by atoms with van der Waals surface area (Å²) in [6, 6.07) is 56.9. The smallest absolute Gasteiger partial charge is 0.0774 e. The van der Waals surface area contributed by atoms with Gasteiger partial charge in [-0.15, -0.1) is 47.3 Å². The molecule has 0 fully saturated rings. The molecule has 1 radical (unpaired) electrons. The molecule has 0 saturated carbocycles. The van der Waals surface area contributed by atoms with Gasteiger partial charge in [0.25, 0.3) is 0 Å². The van der Waals surface area contributed by atoms with Crippen molar-refractivity contribution in [3.8, 4) is 50.6 Å². The fourth-order valence-corrected chi connectivity index (χ4v) is 9.12. The van der Waals surface area contributed by atoms with Gasteiger partial charge < -0.3 is 9.55 Å². The predicted molar refractivity (Wildman–Crippen MR) is 261 cm³/mol. The number of fused-ring (bicyclic) bond motifs is 2. The molecule has 0 aliphatic heterocycles. The summed E-state index contributed by atoms with van der Waals surface area (Å²) in [7, 11) is 0. The number of rotatable bonds is 8. The van der Waals surface area contributed by atoms with Crippen molar-refractivity contribution in [1.29, 1.82) is 0 Å². The Labute approximate surface area is 386 Å². The zero-order chi connectivity index (χ0) is 42.7. The number of imidazole rings is 1. The van der Waals surface area contributed by atoms with Crippen LogP contribution < -0.4 is 0 Å². The third-order valence-electron chi connectivity index (χ3n) is 10.9. The van der Waals surface area contributed by atoms with Crippen molar-refractivity contribution >= 4 is 32.5 Å². The Morgan fingerprint density at radius 1 is 0.694 bits per heavy atom. The standard InChI is InChI=1S/C38H31N2S.C19H24N.Ir/c1-38(2,3)24-26-21-22-35-31(23-26)32(25-41-35)37-39-33-19-10-11-20-34(33)40(37)36-29(27-13-6-4-7-14-27)17-12-18-30(36)28-15-8-5-9-16-28;1-14(2)11-16-12-18(15-9-7-6-8-10-15)20-13-17(16)19(3,4)5;/h4-23H,24H2,1-3H3;6-9,12-14H,11H2,1-5H3;/q2*-1;. The molecule has 0 N–H and O–H groups in total. The van der Waals surface area contributed by atoms with Crippen LogP contribution in [0.15, 0.2) is 158 Å². The van der Waals surface area contributed by atoms with Gasteiger partial charge in [-0.25, -0.2) is 0 Å². The quantitative estimate of drug-likeness (QED) is 0.142. The van der Waals surface area contributed by atoms with Gasteiger partial charge in [0.05, 0.1) is 22.5 Å². The van der Waals surface area contributed by atoms with Crippen LogP contribution in [0.2, 0.25) is 0 Å². The minimum Gasteiger partial charge on any atom is -0.332 e. The normalized spacial score (nSPS) is 11.7. The average molecular weight is 1010 g/mol. The second-order valence-electron chi connectivity index (χ2n) is 18.7. The molecule has 0 saturated heterocycles. The molecule has 3 nitrogen and oxygen atoms in total. The zero-order valence-electron chi connectivity index (χ0n) is 37.1. The van der Waals surface area contributed by atoms with E-state index in [1.807, 2.05) is 24.4 Å². The number of pyridine rings is 1. The van der Waals surface area contributed by atoms with Crippen LogP contribution in [0, 0.1) is 22.8 Å². The van der Waals surface area contributed by atoms with Gasteiger partial charge in [-0.1, -0.05) is 186 Å². The monoisotopic (exact) mass is 1010 g/mol. The number of benzene rings is 6. The van der Waals surface area contributed by atoms with E-state index in [1.165, 1.54) is 49.0 Å². The van der Waals surface area contributed by atoms with Crippen LogP contribution in [0.1, 0.15) is 72.1 Å². The van der Waals surface area contributed by atoms with Gasteiger partial charge in [-0.05, 0) is 69.7 Å². The van der Waals surface area contributed by atoms with Crippen molar-refractivity contribution in [3.05, 3.63) is 186 Å². The Balaban J connectivity index is 0.000000233. The minimum absolute atomic E-state index is 0. The summed E-state index contributed by atoms with van der Waals surface area (Å²) >= 11 is 1.67. The summed E-state index contributed by atoms with van der Waals surface area (Å²) < 4.78 is 3.60. The maximum Gasteiger partial charge on any atom is 0.0774 e. The molecule has 0 spiro atoms. The number of para-hydroxylation sites is 3. The van der Waals surface area contributed by atoms with E-state index in [2.05, 4.69) is 210 Å². The largest absolute Gasteiger partial charge is 0.332 e. The van der Waals surface area contributed by atoms with Gasteiger partial charge in [0.2, 0.25) is 0 Å². The summed E-state index contributed by atoms with van der Waals surface area (Å²) in [4.78, 5) is 9.95. The van der Waals surface area contributed by atoms with Crippen molar-refractivity contribution in [2.24, 2.45) is 11.3 Å². The Kier molecular flexibility index (Phi) is 13.6. The Morgan fingerprint density at radius 2 is 1.34 bits per heavy atom. The van der Waals surface area contributed by atoms with Crippen molar-refractivity contribution in [3.63, 3.8) is 0 Å². The second kappa shape index (κ2) is 18.9. The van der Waals surface area contributed by atoms with Crippen LogP contribution in [-0.4, -0.2) is 14.5 Å². The van der Waals surface area contributed by atoms with Crippen LogP contribution in [-0.2, 0) is 38.4 Å². The first kappa shape index (κ1) is 44.6. The zero-order valence-corrected chi connectivity index (χ0v) is 40.3. The van der Waals surface area contributed by atoms with E-state index < -0.39 is 0 Å². The molecule has 9 aromatic rings. The molecule has 0 atom stereocenters. The minimum atomic E-state index is 0. The van der Waals surface area contributed by atoms with E-state index in [4.69, 9.17) is 4.98 Å². The van der Waals surface area contributed by atoms with Gasteiger partial charge >= 0.3 is 0 Å². The fourth-order valence-electron chi connectivity index (χ4n) is 8.30. The van der Waals surface area contributed by atoms with E-state index >= 15 is 0 Å². The van der Waals surface area contributed by atoms with E-state index in [0.717, 1.165) is 52.2 Å². The van der Waals surface area contributed by atoms with Crippen molar-refractivity contribution in [2.75, 3.05) is 0 Å². The molecule has 9 rings (SSSR count). The number of hydrogen-bond acceptors (Lipinski definition) is 3. The first-order chi connectivity index (χ1) is 29.3. The number of hydrogen-bond donors (Lipinski definition) is 0. The summed E-state index contributed by atoms with van der Waals surface area (Å²) in [6.07, 6.45) is 4.16. The first-order valence-corrected chi connectivity index (χ1v) is 22.3. The van der Waals surface area contributed by atoms with E-state index in [-0.39, 0.29) is 30.9 Å². The van der Waals surface area contributed by atoms with Crippen LogP contribution in [0.4, 0.5) is 0 Å². The molecule has 0 aliphatic rings. The Hall–Kier alpha value is -5.45. The third kappa shape index (κ3) is 9.92. The van der Waals surface area contributed by atoms with E-state index in [9.17, 15) is 0 Å². The number of nitrogens with zero attached hydrogens (tertiary/aromatic N) is 3. The van der Waals surface area contributed by atoms with Crippen molar-refractivity contribution in [2.45, 2.75) is 73.6 Å². The second-order valence-corrected chi connectivity index (χ2v) is 19.5. The molecule has 62 heavy (non-hydrogen) atoms.